The molecule has 0 aromatic heterocycles. The molecule has 176 valence electrons. The molecule has 33 heavy (non-hydrogen) atoms. The first-order chi connectivity index (χ1) is 16.2. The molecule has 2 saturated heterocycles. The van der Waals surface area contributed by atoms with E-state index in [4.69, 9.17) is 9.73 Å². The summed E-state index contributed by atoms with van der Waals surface area (Å²) < 4.78 is 5.27. The number of piperazine rings is 1. The molecule has 0 saturated carbocycles. The minimum Gasteiger partial charge on any atom is -0.497 e. The van der Waals surface area contributed by atoms with Crippen LogP contribution >= 0.6 is 0 Å². The van der Waals surface area contributed by atoms with Gasteiger partial charge in [-0.2, -0.15) is 0 Å². The Hall–Kier alpha value is -3.22. The molecule has 0 spiro atoms. The van der Waals surface area contributed by atoms with E-state index in [1.165, 1.54) is 16.8 Å². The Morgan fingerprint density at radius 3 is 2.45 bits per heavy atom. The fourth-order valence-corrected chi connectivity index (χ4v) is 4.48. The molecule has 0 aliphatic carbocycles. The van der Waals surface area contributed by atoms with Gasteiger partial charge in [0.1, 0.15) is 5.75 Å². The van der Waals surface area contributed by atoms with Crippen molar-refractivity contribution in [3.8, 4) is 5.75 Å². The lowest BCUT2D eigenvalue weighted by Gasteiger charge is -2.37. The summed E-state index contributed by atoms with van der Waals surface area (Å²) in [6.45, 7) is 8.91. The van der Waals surface area contributed by atoms with Gasteiger partial charge < -0.3 is 24.8 Å². The number of hydrogen-bond acceptors (Lipinski definition) is 4. The first-order valence-corrected chi connectivity index (χ1v) is 11.9. The van der Waals surface area contributed by atoms with Gasteiger partial charge in [-0.05, 0) is 48.7 Å². The number of benzene rings is 2. The van der Waals surface area contributed by atoms with Crippen molar-refractivity contribution in [1.82, 2.24) is 15.1 Å². The van der Waals surface area contributed by atoms with Gasteiger partial charge in [0.2, 0.25) is 5.91 Å². The molecule has 2 aromatic carbocycles. The van der Waals surface area contributed by atoms with E-state index in [0.717, 1.165) is 57.4 Å². The second kappa shape index (κ2) is 11.1. The fourth-order valence-electron chi connectivity index (χ4n) is 4.48. The summed E-state index contributed by atoms with van der Waals surface area (Å²) in [5, 5.41) is 3.46. The third kappa shape index (κ3) is 5.97. The highest BCUT2D eigenvalue weighted by molar-refractivity contribution is 5.80. The normalized spacial score (nSPS) is 17.0. The molecule has 0 unspecified atom stereocenters. The highest BCUT2D eigenvalue weighted by Gasteiger charge is 2.21. The number of likely N-dealkylation sites (tertiary alicyclic amines) is 1. The third-order valence-electron chi connectivity index (χ3n) is 6.30. The summed E-state index contributed by atoms with van der Waals surface area (Å²) in [6, 6.07) is 16.7. The maximum absolute atomic E-state index is 11.9. The van der Waals surface area contributed by atoms with Gasteiger partial charge in [0, 0.05) is 57.9 Å². The number of ether oxygens (including phenoxy) is 1. The highest BCUT2D eigenvalue weighted by Crippen LogP contribution is 2.21. The predicted octanol–water partition coefficient (Wildman–Crippen LogP) is 3.11. The van der Waals surface area contributed by atoms with Crippen molar-refractivity contribution < 1.29 is 9.53 Å². The lowest BCUT2D eigenvalue weighted by atomic mass is 10.1. The minimum absolute atomic E-state index is 0.265. The Labute approximate surface area is 197 Å². The van der Waals surface area contributed by atoms with Crippen LogP contribution in [-0.2, 0) is 17.9 Å². The molecule has 2 fully saturated rings. The van der Waals surface area contributed by atoms with Crippen molar-refractivity contribution in [1.29, 1.82) is 0 Å². The van der Waals surface area contributed by atoms with Gasteiger partial charge in [-0.15, -0.1) is 0 Å². The van der Waals surface area contributed by atoms with Crippen LogP contribution < -0.4 is 15.0 Å². The van der Waals surface area contributed by atoms with E-state index in [2.05, 4.69) is 58.4 Å². The van der Waals surface area contributed by atoms with E-state index in [9.17, 15) is 4.79 Å². The quantitative estimate of drug-likeness (QED) is 0.520. The van der Waals surface area contributed by atoms with E-state index in [1.54, 1.807) is 7.11 Å². The fraction of sp³-hybridized carbons (Fsp3) is 0.462. The van der Waals surface area contributed by atoms with Crippen molar-refractivity contribution in [3.05, 3.63) is 59.7 Å². The van der Waals surface area contributed by atoms with Gasteiger partial charge in [0.25, 0.3) is 0 Å². The van der Waals surface area contributed by atoms with Gasteiger partial charge in [-0.3, -0.25) is 4.79 Å². The number of amides is 1. The maximum Gasteiger partial charge on any atom is 0.222 e. The molecule has 0 atom stereocenters. The molecule has 4 rings (SSSR count). The topological polar surface area (TPSA) is 60.4 Å². The van der Waals surface area contributed by atoms with Crippen LogP contribution in [-0.4, -0.2) is 68.0 Å². The number of nitrogens with zero attached hydrogens (tertiary/aromatic N) is 4. The van der Waals surface area contributed by atoms with Gasteiger partial charge in [-0.25, -0.2) is 4.99 Å². The van der Waals surface area contributed by atoms with Crippen molar-refractivity contribution in [2.45, 2.75) is 32.9 Å². The number of methoxy groups -OCH3 is 1. The van der Waals surface area contributed by atoms with Gasteiger partial charge in [-0.1, -0.05) is 24.3 Å². The number of rotatable bonds is 7. The summed E-state index contributed by atoms with van der Waals surface area (Å²) in [6.07, 6.45) is 1.66. The van der Waals surface area contributed by atoms with E-state index in [0.29, 0.717) is 19.5 Å². The Balaban J connectivity index is 1.36. The number of hydrogen-bond donors (Lipinski definition) is 1. The molecular formula is C26H35N5O2. The Bertz CT molecular complexity index is 951. The van der Waals surface area contributed by atoms with E-state index in [-0.39, 0.29) is 5.91 Å². The summed E-state index contributed by atoms with van der Waals surface area (Å²) in [4.78, 5) is 23.6. The number of anilines is 1. The molecule has 7 heteroatoms. The summed E-state index contributed by atoms with van der Waals surface area (Å²) in [7, 11) is 1.69. The van der Waals surface area contributed by atoms with Crippen molar-refractivity contribution in [2.24, 2.45) is 4.99 Å². The smallest absolute Gasteiger partial charge is 0.222 e. The summed E-state index contributed by atoms with van der Waals surface area (Å²) >= 11 is 0. The molecule has 1 N–H and O–H groups in total. The highest BCUT2D eigenvalue weighted by atomic mass is 16.5. The second-order valence-corrected chi connectivity index (χ2v) is 8.58. The van der Waals surface area contributed by atoms with Crippen molar-refractivity contribution >= 4 is 17.6 Å². The van der Waals surface area contributed by atoms with Crippen molar-refractivity contribution in [2.75, 3.05) is 51.3 Å². The number of guanidine groups is 1. The SMILES string of the molecule is CCNC(=NCc1cccc(CN2CCCC2=O)c1)N1CCN(c2ccc(OC)cc2)CC1. The van der Waals surface area contributed by atoms with Crippen LogP contribution in [0.25, 0.3) is 0 Å². The first kappa shape index (κ1) is 23.0. The predicted molar refractivity (Wildman–Crippen MR) is 133 cm³/mol. The molecule has 7 nitrogen and oxygen atoms in total. The zero-order valence-corrected chi connectivity index (χ0v) is 19.8. The zero-order valence-electron chi connectivity index (χ0n) is 19.8. The molecule has 2 aromatic rings. The largest absolute Gasteiger partial charge is 0.497 e. The standard InChI is InChI=1S/C26H35N5O2/c1-3-27-26(30-16-14-29(15-17-30)23-9-11-24(33-2)12-10-23)28-19-21-6-4-7-22(18-21)20-31-13-5-8-25(31)32/h4,6-7,9-12,18H,3,5,8,13-17,19-20H2,1-2H3,(H,27,28). The minimum atomic E-state index is 0.265. The average Bonchev–Trinajstić information content (AvgIpc) is 3.26. The maximum atomic E-state index is 11.9. The van der Waals surface area contributed by atoms with Crippen molar-refractivity contribution in [3.63, 3.8) is 0 Å². The molecular weight excluding hydrogens is 414 g/mol. The summed E-state index contributed by atoms with van der Waals surface area (Å²) in [5.41, 5.74) is 3.58. The molecule has 0 radical (unpaired) electrons. The number of carbonyl (C=O) groups excluding carboxylic acids is 1. The van der Waals surface area contributed by atoms with Crippen LogP contribution in [0.5, 0.6) is 5.75 Å². The lowest BCUT2D eigenvalue weighted by molar-refractivity contribution is -0.128. The van der Waals surface area contributed by atoms with Crippen LogP contribution in [0.15, 0.2) is 53.5 Å². The second-order valence-electron chi connectivity index (χ2n) is 8.58. The first-order valence-electron chi connectivity index (χ1n) is 11.9. The monoisotopic (exact) mass is 449 g/mol. The third-order valence-corrected chi connectivity index (χ3v) is 6.30. The molecule has 0 bridgehead atoms. The van der Waals surface area contributed by atoms with Gasteiger partial charge in [0.15, 0.2) is 5.96 Å². The van der Waals surface area contributed by atoms with Crippen LogP contribution in [0.1, 0.15) is 30.9 Å². The zero-order chi connectivity index (χ0) is 23.0. The molecule has 2 aliphatic rings. The van der Waals surface area contributed by atoms with Crippen LogP contribution in [0.2, 0.25) is 0 Å². The van der Waals surface area contributed by atoms with Gasteiger partial charge >= 0.3 is 0 Å². The Kier molecular flexibility index (Phi) is 7.70. The number of carbonyl (C=O) groups is 1. The molecule has 2 heterocycles. The number of nitrogens with one attached hydrogen (secondary N) is 1. The van der Waals surface area contributed by atoms with Crippen LogP contribution in [0.4, 0.5) is 5.69 Å². The molecule has 2 aliphatic heterocycles. The van der Waals surface area contributed by atoms with E-state index >= 15 is 0 Å². The Morgan fingerprint density at radius 2 is 1.79 bits per heavy atom. The molecule has 1 amide bonds. The Morgan fingerprint density at radius 1 is 1.03 bits per heavy atom. The summed E-state index contributed by atoms with van der Waals surface area (Å²) in [5.74, 6) is 2.11. The van der Waals surface area contributed by atoms with E-state index in [1.807, 2.05) is 17.0 Å². The number of aliphatic imine (C=N–C) groups is 1. The van der Waals surface area contributed by atoms with Gasteiger partial charge in [0.05, 0.1) is 13.7 Å². The van der Waals surface area contributed by atoms with Crippen LogP contribution in [0, 0.1) is 0 Å². The average molecular weight is 450 g/mol. The van der Waals surface area contributed by atoms with Crippen LogP contribution in [0.3, 0.4) is 0 Å². The van der Waals surface area contributed by atoms with E-state index < -0.39 is 0 Å². The lowest BCUT2D eigenvalue weighted by Crippen LogP contribution is -2.52.